The normalized spacial score (nSPS) is 11.4. The highest BCUT2D eigenvalue weighted by Gasteiger charge is 2.06. The molecule has 1 heterocycles. The Balaban J connectivity index is 1.86. The van der Waals surface area contributed by atoms with Crippen LogP contribution in [-0.4, -0.2) is 4.98 Å². The van der Waals surface area contributed by atoms with Crippen LogP contribution < -0.4 is 5.73 Å². The van der Waals surface area contributed by atoms with Crippen LogP contribution in [0.3, 0.4) is 0 Å². The van der Waals surface area contributed by atoms with Gasteiger partial charge in [0.15, 0.2) is 0 Å². The van der Waals surface area contributed by atoms with Gasteiger partial charge in [-0.1, -0.05) is 60.7 Å². The number of nitrogen functional groups attached to an aromatic ring is 1. The van der Waals surface area contributed by atoms with Gasteiger partial charge < -0.3 is 10.7 Å². The lowest BCUT2D eigenvalue weighted by Crippen LogP contribution is -1.89. The van der Waals surface area contributed by atoms with E-state index in [1.807, 2.05) is 30.3 Å². The first kappa shape index (κ1) is 11.6. The van der Waals surface area contributed by atoms with Crippen molar-refractivity contribution in [2.75, 3.05) is 5.73 Å². The topological polar surface area (TPSA) is 41.8 Å². The number of rotatable bonds is 3. The van der Waals surface area contributed by atoms with E-state index in [9.17, 15) is 0 Å². The first-order chi connectivity index (χ1) is 9.34. The van der Waals surface area contributed by atoms with E-state index >= 15 is 0 Å². The molecule has 0 radical (unpaired) electrons. The summed E-state index contributed by atoms with van der Waals surface area (Å²) < 4.78 is 0. The largest absolute Gasteiger partial charge is 0.385 e. The van der Waals surface area contributed by atoms with Crippen LogP contribution in [0.25, 0.3) is 17.0 Å². The van der Waals surface area contributed by atoms with Crippen molar-refractivity contribution in [1.82, 2.24) is 4.98 Å². The molecule has 0 atom stereocenters. The summed E-state index contributed by atoms with van der Waals surface area (Å²) in [7, 11) is 0. The fourth-order valence-corrected chi connectivity index (χ4v) is 2.32. The number of allylic oxidation sites excluding steroid dienone is 1. The summed E-state index contributed by atoms with van der Waals surface area (Å²) in [6.45, 7) is 0. The molecule has 0 unspecified atom stereocenters. The lowest BCUT2D eigenvalue weighted by Gasteiger charge is -1.96. The Kier molecular flexibility index (Phi) is 3.07. The Hall–Kier alpha value is -2.48. The summed E-state index contributed by atoms with van der Waals surface area (Å²) in [5.74, 6) is 0.763. The van der Waals surface area contributed by atoms with Gasteiger partial charge >= 0.3 is 0 Å². The molecule has 3 rings (SSSR count). The van der Waals surface area contributed by atoms with Crippen LogP contribution >= 0.6 is 0 Å². The lowest BCUT2D eigenvalue weighted by atomic mass is 10.1. The average molecular weight is 248 g/mol. The van der Waals surface area contributed by atoms with Gasteiger partial charge in [0, 0.05) is 16.5 Å². The van der Waals surface area contributed by atoms with E-state index in [0.717, 1.165) is 17.8 Å². The van der Waals surface area contributed by atoms with Crippen LogP contribution in [0.5, 0.6) is 0 Å². The maximum Gasteiger partial charge on any atom is 0.105 e. The van der Waals surface area contributed by atoms with Gasteiger partial charge in [-0.15, -0.1) is 0 Å². The van der Waals surface area contributed by atoms with Gasteiger partial charge in [-0.25, -0.2) is 0 Å². The molecule has 3 aromatic rings. The van der Waals surface area contributed by atoms with Crippen molar-refractivity contribution in [2.45, 2.75) is 6.42 Å². The van der Waals surface area contributed by atoms with Crippen LogP contribution in [0, 0.1) is 0 Å². The van der Waals surface area contributed by atoms with Gasteiger partial charge in [0.05, 0.1) is 0 Å². The monoisotopic (exact) mass is 248 g/mol. The summed E-state index contributed by atoms with van der Waals surface area (Å²) in [6.07, 6.45) is 5.12. The molecule has 1 aromatic heterocycles. The number of anilines is 1. The Morgan fingerprint density at radius 1 is 0.947 bits per heavy atom. The number of aromatic amines is 1. The highest BCUT2D eigenvalue weighted by Crippen LogP contribution is 2.24. The SMILES string of the molecule is Nc1[nH]c2ccccc2c1CC=Cc1ccccc1. The molecule has 0 saturated carbocycles. The number of para-hydroxylation sites is 1. The van der Waals surface area contributed by atoms with Crippen molar-refractivity contribution in [3.63, 3.8) is 0 Å². The first-order valence-electron chi connectivity index (χ1n) is 6.41. The summed E-state index contributed by atoms with van der Waals surface area (Å²) in [5.41, 5.74) is 9.52. The molecule has 3 N–H and O–H groups in total. The van der Waals surface area contributed by atoms with E-state index in [4.69, 9.17) is 5.73 Å². The molecule has 0 aliphatic carbocycles. The van der Waals surface area contributed by atoms with Gasteiger partial charge in [0.25, 0.3) is 0 Å². The number of benzene rings is 2. The fraction of sp³-hybridized carbons (Fsp3) is 0.0588. The third kappa shape index (κ3) is 2.38. The van der Waals surface area contributed by atoms with Crippen molar-refractivity contribution < 1.29 is 0 Å². The quantitative estimate of drug-likeness (QED) is 0.722. The molecule has 0 spiro atoms. The average Bonchev–Trinajstić information content (AvgIpc) is 2.76. The minimum absolute atomic E-state index is 0.763. The van der Waals surface area contributed by atoms with E-state index < -0.39 is 0 Å². The zero-order valence-electron chi connectivity index (χ0n) is 10.6. The molecule has 0 amide bonds. The summed E-state index contributed by atoms with van der Waals surface area (Å²) in [6, 6.07) is 18.5. The van der Waals surface area contributed by atoms with Gasteiger partial charge in [0.1, 0.15) is 5.82 Å². The van der Waals surface area contributed by atoms with Crippen LogP contribution in [0.15, 0.2) is 60.7 Å². The smallest absolute Gasteiger partial charge is 0.105 e. The standard InChI is InChI=1S/C17H16N2/c18-17-15(14-10-4-5-12-16(14)19-17)11-6-9-13-7-2-1-3-8-13/h1-10,12,19H,11,18H2. The van der Waals surface area contributed by atoms with Crippen LogP contribution in [-0.2, 0) is 6.42 Å². The van der Waals surface area contributed by atoms with Crippen molar-refractivity contribution in [1.29, 1.82) is 0 Å². The Morgan fingerprint density at radius 3 is 2.53 bits per heavy atom. The second-order valence-electron chi connectivity index (χ2n) is 4.58. The van der Waals surface area contributed by atoms with Gasteiger partial charge in [-0.3, -0.25) is 0 Å². The summed E-state index contributed by atoms with van der Waals surface area (Å²) >= 11 is 0. The highest BCUT2D eigenvalue weighted by atomic mass is 14.8. The Labute approximate surface area is 112 Å². The predicted octanol–water partition coefficient (Wildman–Crippen LogP) is 4.01. The molecule has 19 heavy (non-hydrogen) atoms. The fourth-order valence-electron chi connectivity index (χ4n) is 2.32. The molecule has 2 nitrogen and oxygen atoms in total. The van der Waals surface area contributed by atoms with Crippen molar-refractivity contribution in [2.24, 2.45) is 0 Å². The predicted molar refractivity (Wildman–Crippen MR) is 81.9 cm³/mol. The third-order valence-corrected chi connectivity index (χ3v) is 3.28. The zero-order chi connectivity index (χ0) is 13.1. The van der Waals surface area contributed by atoms with E-state index in [2.05, 4.69) is 41.4 Å². The van der Waals surface area contributed by atoms with Gasteiger partial charge in [-0.2, -0.15) is 0 Å². The second-order valence-corrected chi connectivity index (χ2v) is 4.58. The molecule has 0 bridgehead atoms. The number of hydrogen-bond acceptors (Lipinski definition) is 1. The van der Waals surface area contributed by atoms with E-state index in [0.29, 0.717) is 0 Å². The van der Waals surface area contributed by atoms with Gasteiger partial charge in [-0.05, 0) is 18.1 Å². The van der Waals surface area contributed by atoms with Crippen LogP contribution in [0.2, 0.25) is 0 Å². The Morgan fingerprint density at radius 2 is 1.68 bits per heavy atom. The van der Waals surface area contributed by atoms with E-state index in [1.54, 1.807) is 0 Å². The Bertz CT molecular complexity index is 708. The minimum atomic E-state index is 0.763. The molecule has 0 fully saturated rings. The van der Waals surface area contributed by atoms with Crippen molar-refractivity contribution >= 4 is 22.8 Å². The zero-order valence-corrected chi connectivity index (χ0v) is 10.6. The van der Waals surface area contributed by atoms with Crippen molar-refractivity contribution in [3.8, 4) is 0 Å². The van der Waals surface area contributed by atoms with Crippen LogP contribution in [0.4, 0.5) is 5.82 Å². The molecular weight excluding hydrogens is 232 g/mol. The number of aromatic nitrogens is 1. The molecule has 0 aliphatic rings. The summed E-state index contributed by atoms with van der Waals surface area (Å²) in [5, 5.41) is 1.21. The number of nitrogens with one attached hydrogen (secondary N) is 1. The number of fused-ring (bicyclic) bond motifs is 1. The number of nitrogens with two attached hydrogens (primary N) is 1. The summed E-state index contributed by atoms with van der Waals surface area (Å²) in [4.78, 5) is 3.22. The van der Waals surface area contributed by atoms with Gasteiger partial charge in [0.2, 0.25) is 0 Å². The maximum atomic E-state index is 6.04. The molecule has 2 heteroatoms. The number of H-pyrrole nitrogens is 1. The molecular formula is C17H16N2. The van der Waals surface area contributed by atoms with E-state index in [1.165, 1.54) is 16.5 Å². The number of hydrogen-bond donors (Lipinski definition) is 2. The van der Waals surface area contributed by atoms with E-state index in [-0.39, 0.29) is 0 Å². The highest BCUT2D eigenvalue weighted by molar-refractivity contribution is 5.88. The second kappa shape index (κ2) is 5.02. The molecule has 0 aliphatic heterocycles. The molecule has 2 aromatic carbocycles. The maximum absolute atomic E-state index is 6.04. The third-order valence-electron chi connectivity index (χ3n) is 3.28. The van der Waals surface area contributed by atoms with Crippen molar-refractivity contribution in [3.05, 3.63) is 71.8 Å². The molecule has 0 saturated heterocycles. The first-order valence-corrected chi connectivity index (χ1v) is 6.41. The minimum Gasteiger partial charge on any atom is -0.385 e. The lowest BCUT2D eigenvalue weighted by molar-refractivity contribution is 1.30. The van der Waals surface area contributed by atoms with Crippen LogP contribution in [0.1, 0.15) is 11.1 Å². The molecule has 94 valence electrons.